The van der Waals surface area contributed by atoms with Gasteiger partial charge in [-0.2, -0.15) is 0 Å². The molecule has 0 amide bonds. The van der Waals surface area contributed by atoms with Gasteiger partial charge in [-0.3, -0.25) is 4.99 Å². The summed E-state index contributed by atoms with van der Waals surface area (Å²) < 4.78 is 0. The van der Waals surface area contributed by atoms with Crippen LogP contribution in [0.5, 0.6) is 0 Å². The largest absolute Gasteiger partial charge is 0.395 e. The van der Waals surface area contributed by atoms with E-state index in [0.29, 0.717) is 5.25 Å². The molecule has 7 heavy (non-hydrogen) atoms. The highest BCUT2D eigenvalue weighted by molar-refractivity contribution is 8.12. The van der Waals surface area contributed by atoms with Gasteiger partial charge in [0.15, 0.2) is 0 Å². The molecule has 0 radical (unpaired) electrons. The van der Waals surface area contributed by atoms with Gasteiger partial charge < -0.3 is 5.11 Å². The lowest BCUT2D eigenvalue weighted by atomic mass is 10.5. The van der Waals surface area contributed by atoms with Gasteiger partial charge in [0.05, 0.1) is 23.9 Å². The molecule has 1 rings (SSSR count). The lowest BCUT2D eigenvalue weighted by molar-refractivity contribution is 0.297. The molecule has 0 saturated heterocycles. The van der Waals surface area contributed by atoms with E-state index >= 15 is 0 Å². The van der Waals surface area contributed by atoms with Crippen LogP contribution < -0.4 is 0 Å². The summed E-state index contributed by atoms with van der Waals surface area (Å²) in [4.78, 5) is 3.91. The molecule has 0 aromatic heterocycles. The van der Waals surface area contributed by atoms with Gasteiger partial charge in [0.1, 0.15) is 0 Å². The molecule has 1 heterocycles. The summed E-state index contributed by atoms with van der Waals surface area (Å²) in [5, 5.41) is 8.81. The van der Waals surface area contributed by atoms with Crippen molar-refractivity contribution in [1.82, 2.24) is 0 Å². The zero-order valence-corrected chi connectivity index (χ0v) is 4.69. The summed E-state index contributed by atoms with van der Waals surface area (Å²) in [5.74, 6) is 0. The molecule has 0 aromatic carbocycles. The topological polar surface area (TPSA) is 32.6 Å². The third-order valence-electron chi connectivity index (χ3n) is 0.841. The molecule has 40 valence electrons. The standard InChI is InChI=1S/C4H7NOS/c6-2-4-1-5-3-7-4/h3-4,6H,1-2H2. The summed E-state index contributed by atoms with van der Waals surface area (Å²) in [5.41, 5.74) is 1.79. The molecule has 1 unspecified atom stereocenters. The molecule has 0 spiro atoms. The minimum absolute atomic E-state index is 0.255. The first-order valence-corrected chi connectivity index (χ1v) is 3.12. The van der Waals surface area contributed by atoms with Crippen molar-refractivity contribution in [3.8, 4) is 0 Å². The Morgan fingerprint density at radius 3 is 3.14 bits per heavy atom. The molecular formula is C4H7NOS. The number of thioether (sulfide) groups is 1. The van der Waals surface area contributed by atoms with Crippen LogP contribution in [0.25, 0.3) is 0 Å². The minimum Gasteiger partial charge on any atom is -0.395 e. The highest BCUT2D eigenvalue weighted by Crippen LogP contribution is 2.12. The van der Waals surface area contributed by atoms with E-state index in [2.05, 4.69) is 4.99 Å². The molecule has 2 nitrogen and oxygen atoms in total. The molecule has 0 saturated carbocycles. The molecule has 1 aliphatic heterocycles. The summed E-state index contributed by atoms with van der Waals surface area (Å²) in [6.45, 7) is 1.05. The quantitative estimate of drug-likeness (QED) is 0.529. The highest BCUT2D eigenvalue weighted by Gasteiger charge is 2.08. The van der Waals surface area contributed by atoms with Gasteiger partial charge in [-0.05, 0) is 0 Å². The van der Waals surface area contributed by atoms with E-state index in [1.54, 1.807) is 17.3 Å². The van der Waals surface area contributed by atoms with Gasteiger partial charge in [0.25, 0.3) is 0 Å². The highest BCUT2D eigenvalue weighted by atomic mass is 32.2. The van der Waals surface area contributed by atoms with Crippen LogP contribution in [0.1, 0.15) is 0 Å². The van der Waals surface area contributed by atoms with Crippen molar-refractivity contribution < 1.29 is 5.11 Å². The number of nitrogens with zero attached hydrogens (tertiary/aromatic N) is 1. The Kier molecular flexibility index (Phi) is 1.70. The van der Waals surface area contributed by atoms with Crippen molar-refractivity contribution in [2.75, 3.05) is 13.2 Å². The summed E-state index contributed by atoms with van der Waals surface area (Å²) in [7, 11) is 0. The third-order valence-corrected chi connectivity index (χ3v) is 1.79. The predicted molar refractivity (Wildman–Crippen MR) is 31.8 cm³/mol. The van der Waals surface area contributed by atoms with Crippen molar-refractivity contribution in [2.24, 2.45) is 4.99 Å². The van der Waals surface area contributed by atoms with Gasteiger partial charge in [0, 0.05) is 0 Å². The summed E-state index contributed by atoms with van der Waals surface area (Å²) >= 11 is 1.60. The van der Waals surface area contributed by atoms with Crippen LogP contribution in [-0.2, 0) is 0 Å². The van der Waals surface area contributed by atoms with E-state index in [1.807, 2.05) is 0 Å². The fraction of sp³-hybridized carbons (Fsp3) is 0.750. The average Bonchev–Trinajstić information content (AvgIpc) is 2.14. The first-order valence-electron chi connectivity index (χ1n) is 2.18. The van der Waals surface area contributed by atoms with Crippen molar-refractivity contribution >= 4 is 17.3 Å². The SMILES string of the molecule is OCC1CN=CS1. The molecule has 0 aliphatic carbocycles. The van der Waals surface area contributed by atoms with Gasteiger partial charge >= 0.3 is 0 Å². The van der Waals surface area contributed by atoms with Crippen LogP contribution >= 0.6 is 11.8 Å². The lowest BCUT2D eigenvalue weighted by Crippen LogP contribution is -2.07. The Balaban J connectivity index is 2.22. The smallest absolute Gasteiger partial charge is 0.0571 e. The Hall–Kier alpha value is -0.0200. The number of rotatable bonds is 1. The first kappa shape index (κ1) is 5.12. The Morgan fingerprint density at radius 2 is 2.86 bits per heavy atom. The number of hydrogen-bond acceptors (Lipinski definition) is 3. The first-order chi connectivity index (χ1) is 3.43. The van der Waals surface area contributed by atoms with Crippen LogP contribution in [0.15, 0.2) is 4.99 Å². The molecule has 0 fully saturated rings. The monoisotopic (exact) mass is 117 g/mol. The lowest BCUT2D eigenvalue weighted by Gasteiger charge is -1.96. The van der Waals surface area contributed by atoms with Crippen molar-refractivity contribution in [1.29, 1.82) is 0 Å². The van der Waals surface area contributed by atoms with Gasteiger partial charge in [-0.15, -0.1) is 11.8 Å². The van der Waals surface area contributed by atoms with Crippen molar-refractivity contribution in [3.05, 3.63) is 0 Å². The third kappa shape index (κ3) is 1.17. The maximum Gasteiger partial charge on any atom is 0.0571 e. The van der Waals surface area contributed by atoms with E-state index in [9.17, 15) is 0 Å². The van der Waals surface area contributed by atoms with Crippen LogP contribution in [0.2, 0.25) is 0 Å². The average molecular weight is 117 g/mol. The Labute approximate surface area is 46.6 Å². The van der Waals surface area contributed by atoms with Crippen LogP contribution in [0, 0.1) is 0 Å². The fourth-order valence-corrected chi connectivity index (χ4v) is 1.04. The predicted octanol–water partition coefficient (Wildman–Crippen LogP) is 0.122. The second-order valence-corrected chi connectivity index (χ2v) is 2.56. The molecule has 0 aromatic rings. The normalized spacial score (nSPS) is 29.0. The summed E-state index contributed by atoms with van der Waals surface area (Å²) in [6.07, 6.45) is 0. The summed E-state index contributed by atoms with van der Waals surface area (Å²) in [6, 6.07) is 0. The van der Waals surface area contributed by atoms with Crippen LogP contribution in [0.3, 0.4) is 0 Å². The maximum atomic E-state index is 8.47. The van der Waals surface area contributed by atoms with Crippen LogP contribution in [-0.4, -0.2) is 29.1 Å². The number of aliphatic hydroxyl groups excluding tert-OH is 1. The van der Waals surface area contributed by atoms with Gasteiger partial charge in [-0.25, -0.2) is 0 Å². The van der Waals surface area contributed by atoms with Crippen molar-refractivity contribution in [3.63, 3.8) is 0 Å². The molecule has 3 heteroatoms. The second kappa shape index (κ2) is 2.33. The zero-order valence-electron chi connectivity index (χ0n) is 3.87. The molecular weight excluding hydrogens is 110 g/mol. The Bertz CT molecular complexity index is 75.8. The van der Waals surface area contributed by atoms with Gasteiger partial charge in [-0.1, -0.05) is 0 Å². The van der Waals surface area contributed by atoms with E-state index in [-0.39, 0.29) is 6.61 Å². The fourth-order valence-electron chi connectivity index (χ4n) is 0.434. The van der Waals surface area contributed by atoms with Gasteiger partial charge in [0.2, 0.25) is 0 Å². The molecule has 1 aliphatic rings. The van der Waals surface area contributed by atoms with E-state index in [0.717, 1.165) is 6.54 Å². The molecule has 0 bridgehead atoms. The second-order valence-electron chi connectivity index (χ2n) is 1.41. The van der Waals surface area contributed by atoms with E-state index in [4.69, 9.17) is 5.11 Å². The molecule has 1 atom stereocenters. The molecule has 1 N–H and O–H groups in total. The minimum atomic E-state index is 0.255. The van der Waals surface area contributed by atoms with E-state index < -0.39 is 0 Å². The van der Waals surface area contributed by atoms with Crippen molar-refractivity contribution in [2.45, 2.75) is 5.25 Å². The number of hydrogen-bond donors (Lipinski definition) is 1. The zero-order chi connectivity index (χ0) is 5.11. The van der Waals surface area contributed by atoms with E-state index in [1.165, 1.54) is 0 Å². The number of aliphatic hydroxyl groups is 1. The number of aliphatic imine (C=N–C) groups is 1. The Morgan fingerprint density at radius 1 is 2.00 bits per heavy atom. The van der Waals surface area contributed by atoms with Crippen LogP contribution in [0.4, 0.5) is 0 Å². The maximum absolute atomic E-state index is 8.47.